The molecule has 0 saturated heterocycles. The highest BCUT2D eigenvalue weighted by atomic mass is 32.1. The number of thiazole rings is 1. The summed E-state index contributed by atoms with van der Waals surface area (Å²) in [6.45, 7) is 2.05. The first-order chi connectivity index (χ1) is 14.1. The molecule has 4 aromatic rings. The van der Waals surface area contributed by atoms with Gasteiger partial charge in [-0.2, -0.15) is 0 Å². The van der Waals surface area contributed by atoms with E-state index in [0.29, 0.717) is 10.7 Å². The van der Waals surface area contributed by atoms with Gasteiger partial charge in [-0.05, 0) is 18.6 Å². The van der Waals surface area contributed by atoms with Gasteiger partial charge in [0.2, 0.25) is 5.13 Å². The molecule has 3 aromatic carbocycles. The van der Waals surface area contributed by atoms with Crippen molar-refractivity contribution in [2.75, 3.05) is 0 Å². The Morgan fingerprint density at radius 2 is 1.62 bits per heavy atom. The van der Waals surface area contributed by atoms with E-state index < -0.39 is 4.92 Å². The first-order valence-corrected chi connectivity index (χ1v) is 9.84. The molecule has 0 aliphatic heterocycles. The average Bonchev–Trinajstić information content (AvgIpc) is 3.18. The fraction of sp³-hybridized carbons (Fsp3) is 0.0435. The van der Waals surface area contributed by atoms with E-state index in [-0.39, 0.29) is 5.69 Å². The Bertz CT molecular complexity index is 1180. The molecule has 0 atom stereocenters. The number of aromatic nitrogens is 1. The van der Waals surface area contributed by atoms with Crippen molar-refractivity contribution in [3.63, 3.8) is 0 Å². The fourth-order valence-electron chi connectivity index (χ4n) is 2.94. The zero-order valence-electron chi connectivity index (χ0n) is 15.6. The molecule has 0 amide bonds. The van der Waals surface area contributed by atoms with Gasteiger partial charge in [-0.15, -0.1) is 0 Å². The minimum Gasteiger partial charge on any atom is -0.258 e. The molecule has 0 fully saturated rings. The third-order valence-corrected chi connectivity index (χ3v) is 5.44. The third-order valence-electron chi connectivity index (χ3n) is 4.42. The summed E-state index contributed by atoms with van der Waals surface area (Å²) in [5, 5.41) is 11.8. The summed E-state index contributed by atoms with van der Waals surface area (Å²) in [7, 11) is 0. The van der Waals surface area contributed by atoms with Crippen LogP contribution < -0.4 is 0 Å². The monoisotopic (exact) mass is 399 g/mol. The molecular weight excluding hydrogens is 382 g/mol. The van der Waals surface area contributed by atoms with Crippen molar-refractivity contribution in [2.45, 2.75) is 6.92 Å². The second-order valence-electron chi connectivity index (χ2n) is 6.48. The number of aliphatic imine (C=N–C) groups is 1. The Kier molecular flexibility index (Phi) is 5.27. The molecule has 142 valence electrons. The van der Waals surface area contributed by atoms with E-state index in [0.717, 1.165) is 21.7 Å². The lowest BCUT2D eigenvalue weighted by molar-refractivity contribution is -0.385. The lowest BCUT2D eigenvalue weighted by Gasteiger charge is -2.03. The van der Waals surface area contributed by atoms with Crippen molar-refractivity contribution in [1.82, 2.24) is 4.98 Å². The average molecular weight is 399 g/mol. The summed E-state index contributed by atoms with van der Waals surface area (Å²) >= 11 is 1.47. The lowest BCUT2D eigenvalue weighted by Crippen LogP contribution is -1.93. The smallest absolute Gasteiger partial charge is 0.258 e. The van der Waals surface area contributed by atoms with Gasteiger partial charge in [-0.25, -0.2) is 9.98 Å². The van der Waals surface area contributed by atoms with Crippen LogP contribution in [0.5, 0.6) is 0 Å². The van der Waals surface area contributed by atoms with Gasteiger partial charge in [0.05, 0.1) is 21.1 Å². The molecule has 5 nitrogen and oxygen atoms in total. The van der Waals surface area contributed by atoms with Gasteiger partial charge in [-0.3, -0.25) is 10.1 Å². The summed E-state index contributed by atoms with van der Waals surface area (Å²) in [6.07, 6.45) is 1.50. The van der Waals surface area contributed by atoms with E-state index in [9.17, 15) is 10.1 Å². The molecule has 0 unspecified atom stereocenters. The van der Waals surface area contributed by atoms with E-state index in [1.807, 2.05) is 49.4 Å². The zero-order valence-corrected chi connectivity index (χ0v) is 16.5. The summed E-state index contributed by atoms with van der Waals surface area (Å²) in [6, 6.07) is 24.8. The Balaban J connectivity index is 1.78. The van der Waals surface area contributed by atoms with Gasteiger partial charge in [0.15, 0.2) is 0 Å². The topological polar surface area (TPSA) is 68.4 Å². The number of nitrogens with zero attached hydrogens (tertiary/aromatic N) is 3. The van der Waals surface area contributed by atoms with Crippen LogP contribution in [-0.2, 0) is 0 Å². The second kappa shape index (κ2) is 8.16. The Labute approximate surface area is 172 Å². The molecule has 0 saturated carbocycles. The maximum atomic E-state index is 11.2. The molecule has 4 rings (SSSR count). The molecule has 0 aliphatic carbocycles. The molecule has 1 aromatic heterocycles. The van der Waals surface area contributed by atoms with E-state index >= 15 is 0 Å². The van der Waals surface area contributed by atoms with Crippen LogP contribution in [0.3, 0.4) is 0 Å². The van der Waals surface area contributed by atoms with Crippen molar-refractivity contribution >= 4 is 28.4 Å². The predicted molar refractivity (Wildman–Crippen MR) is 118 cm³/mol. The first-order valence-electron chi connectivity index (χ1n) is 9.02. The third kappa shape index (κ3) is 4.12. The van der Waals surface area contributed by atoms with Gasteiger partial charge in [0.1, 0.15) is 0 Å². The maximum absolute atomic E-state index is 11.2. The van der Waals surface area contributed by atoms with Gasteiger partial charge < -0.3 is 0 Å². The number of para-hydroxylation sites is 1. The molecule has 0 radical (unpaired) electrons. The number of nitro groups is 1. The zero-order chi connectivity index (χ0) is 20.2. The van der Waals surface area contributed by atoms with Crippen LogP contribution in [0.1, 0.15) is 11.1 Å². The van der Waals surface area contributed by atoms with Crippen LogP contribution >= 0.6 is 11.3 Å². The summed E-state index contributed by atoms with van der Waals surface area (Å²) < 4.78 is 0. The van der Waals surface area contributed by atoms with Crippen molar-refractivity contribution in [1.29, 1.82) is 0 Å². The molecule has 29 heavy (non-hydrogen) atoms. The quantitative estimate of drug-likeness (QED) is 0.220. The number of hydrogen-bond donors (Lipinski definition) is 0. The van der Waals surface area contributed by atoms with Crippen LogP contribution in [0, 0.1) is 17.0 Å². The number of hydrogen-bond acceptors (Lipinski definition) is 5. The van der Waals surface area contributed by atoms with Crippen LogP contribution in [0.15, 0.2) is 83.9 Å². The van der Waals surface area contributed by atoms with Crippen molar-refractivity contribution < 1.29 is 4.92 Å². The van der Waals surface area contributed by atoms with Gasteiger partial charge in [-0.1, -0.05) is 83.6 Å². The molecule has 0 N–H and O–H groups in total. The standard InChI is InChI=1S/C23H17N3O2S/c1-16-11-13-17(14-12-16)21-22(18-7-3-2-4-8-18)29-23(25-21)24-15-19-9-5-6-10-20(19)26(27)28/h2-15H,1H3. The largest absolute Gasteiger partial charge is 0.278 e. The number of nitro benzene ring substituents is 1. The van der Waals surface area contributed by atoms with Crippen LogP contribution in [0.4, 0.5) is 10.8 Å². The minimum absolute atomic E-state index is 0.0230. The number of aryl methyl sites for hydroxylation is 1. The molecular formula is C23H17N3O2S. The highest BCUT2D eigenvalue weighted by Crippen LogP contribution is 2.40. The van der Waals surface area contributed by atoms with Crippen molar-refractivity contribution in [3.05, 3.63) is 100 Å². The van der Waals surface area contributed by atoms with E-state index in [2.05, 4.69) is 17.1 Å². The van der Waals surface area contributed by atoms with Gasteiger partial charge in [0.25, 0.3) is 5.69 Å². The predicted octanol–water partition coefficient (Wildman–Crippen LogP) is 6.44. The Morgan fingerprint density at radius 3 is 2.34 bits per heavy atom. The molecule has 0 bridgehead atoms. The number of rotatable bonds is 5. The van der Waals surface area contributed by atoms with Crippen LogP contribution in [0.25, 0.3) is 21.7 Å². The van der Waals surface area contributed by atoms with Crippen molar-refractivity contribution in [2.24, 2.45) is 4.99 Å². The second-order valence-corrected chi connectivity index (χ2v) is 7.46. The highest BCUT2D eigenvalue weighted by Gasteiger charge is 2.15. The van der Waals surface area contributed by atoms with Crippen LogP contribution in [0.2, 0.25) is 0 Å². The maximum Gasteiger partial charge on any atom is 0.278 e. The van der Waals surface area contributed by atoms with Gasteiger partial charge >= 0.3 is 0 Å². The molecule has 6 heteroatoms. The highest BCUT2D eigenvalue weighted by molar-refractivity contribution is 7.19. The van der Waals surface area contributed by atoms with E-state index in [4.69, 9.17) is 4.98 Å². The molecule has 0 aliphatic rings. The minimum atomic E-state index is -0.406. The van der Waals surface area contributed by atoms with Crippen molar-refractivity contribution in [3.8, 4) is 21.7 Å². The lowest BCUT2D eigenvalue weighted by atomic mass is 10.1. The SMILES string of the molecule is Cc1ccc(-c2nc(N=Cc3ccccc3[N+](=O)[O-])sc2-c2ccccc2)cc1. The fourth-order valence-corrected chi connectivity index (χ4v) is 3.88. The molecule has 1 heterocycles. The van der Waals surface area contributed by atoms with Crippen LogP contribution in [-0.4, -0.2) is 16.1 Å². The Hall–Kier alpha value is -3.64. The first kappa shape index (κ1) is 18.7. The molecule has 0 spiro atoms. The normalized spacial score (nSPS) is 11.1. The summed E-state index contributed by atoms with van der Waals surface area (Å²) in [5.41, 5.74) is 4.59. The Morgan fingerprint density at radius 1 is 0.931 bits per heavy atom. The number of benzene rings is 3. The van der Waals surface area contributed by atoms with E-state index in [1.54, 1.807) is 18.2 Å². The summed E-state index contributed by atoms with van der Waals surface area (Å²) in [4.78, 5) is 21.0. The van der Waals surface area contributed by atoms with E-state index in [1.165, 1.54) is 29.2 Å². The van der Waals surface area contributed by atoms with Gasteiger partial charge in [0, 0.05) is 17.8 Å². The summed E-state index contributed by atoms with van der Waals surface area (Å²) in [5.74, 6) is 0.